The lowest BCUT2D eigenvalue weighted by molar-refractivity contribution is 1.02. The van der Waals surface area contributed by atoms with Gasteiger partial charge in [0.05, 0.1) is 5.52 Å². The highest BCUT2D eigenvalue weighted by molar-refractivity contribution is 5.71. The first-order valence-corrected chi connectivity index (χ1v) is 3.44. The zero-order valence-corrected chi connectivity index (χ0v) is 6.14. The summed E-state index contributed by atoms with van der Waals surface area (Å²) in [5.74, 6) is 0. The number of fused-ring (bicyclic) bond motifs is 1. The third-order valence-corrected chi connectivity index (χ3v) is 1.49. The lowest BCUT2D eigenvalue weighted by Gasteiger charge is -1.84. The molecule has 4 heteroatoms. The van der Waals surface area contributed by atoms with Crippen LogP contribution in [-0.4, -0.2) is 15.2 Å². The highest BCUT2D eigenvalue weighted by Gasteiger charge is 1.90. The van der Waals surface area contributed by atoms with Crippen LogP contribution in [0.1, 0.15) is 0 Å². The first-order valence-electron chi connectivity index (χ1n) is 3.44. The molecule has 0 saturated carbocycles. The van der Waals surface area contributed by atoms with Gasteiger partial charge in [-0.1, -0.05) is 0 Å². The maximum atomic E-state index is 10.9. The molecule has 0 atom stereocenters. The van der Waals surface area contributed by atoms with Gasteiger partial charge in [-0.15, -0.1) is 10.2 Å². The van der Waals surface area contributed by atoms with Gasteiger partial charge in [-0.2, -0.15) is 0 Å². The van der Waals surface area contributed by atoms with Crippen LogP contribution in [0, 0.1) is 0 Å². The summed E-state index contributed by atoms with van der Waals surface area (Å²) in [4.78, 5) is 14.9. The number of hydrogen-bond donors (Lipinski definition) is 0. The van der Waals surface area contributed by atoms with Crippen molar-refractivity contribution in [2.75, 3.05) is 0 Å². The fourth-order valence-corrected chi connectivity index (χ4v) is 0.918. The Morgan fingerprint density at radius 2 is 1.75 bits per heavy atom. The quantitative estimate of drug-likeness (QED) is 0.557. The minimum atomic E-state index is -0.0604. The summed E-state index contributed by atoms with van der Waals surface area (Å²) in [7, 11) is 0. The Labute approximate surface area is 67.9 Å². The van der Waals surface area contributed by atoms with E-state index in [1.165, 1.54) is 18.5 Å². The van der Waals surface area contributed by atoms with Crippen molar-refractivity contribution in [3.05, 3.63) is 40.8 Å². The van der Waals surface area contributed by atoms with Crippen molar-refractivity contribution >= 4 is 11.0 Å². The van der Waals surface area contributed by atoms with Gasteiger partial charge in [-0.25, -0.2) is 4.98 Å². The number of hydrogen-bond acceptors (Lipinski definition) is 4. The Morgan fingerprint density at radius 1 is 1.00 bits per heavy atom. The molecule has 4 nitrogen and oxygen atoms in total. The number of rotatable bonds is 0. The molecule has 0 spiro atoms. The lowest BCUT2D eigenvalue weighted by Crippen LogP contribution is -1.87. The summed E-state index contributed by atoms with van der Waals surface area (Å²) in [6.07, 6.45) is 1.35. The van der Waals surface area contributed by atoms with Gasteiger partial charge in [-0.3, -0.25) is 4.79 Å². The van der Waals surface area contributed by atoms with Crippen LogP contribution >= 0.6 is 0 Å². The van der Waals surface area contributed by atoms with E-state index in [1.807, 2.05) is 0 Å². The van der Waals surface area contributed by atoms with Crippen LogP contribution in [0.5, 0.6) is 0 Å². The van der Waals surface area contributed by atoms with E-state index in [0.717, 1.165) is 0 Å². The third kappa shape index (κ3) is 1.14. The lowest BCUT2D eigenvalue weighted by atomic mass is 10.4. The fourth-order valence-electron chi connectivity index (χ4n) is 0.918. The van der Waals surface area contributed by atoms with Crippen LogP contribution in [0.15, 0.2) is 35.4 Å². The van der Waals surface area contributed by atoms with Gasteiger partial charge >= 0.3 is 0 Å². The van der Waals surface area contributed by atoms with Gasteiger partial charge < -0.3 is 0 Å². The van der Waals surface area contributed by atoms with Gasteiger partial charge in [0.2, 0.25) is 0 Å². The van der Waals surface area contributed by atoms with E-state index in [2.05, 4.69) is 15.2 Å². The average Bonchev–Trinajstić information content (AvgIpc) is 2.29. The Balaban J connectivity index is 2.94. The van der Waals surface area contributed by atoms with Crippen LogP contribution in [0.3, 0.4) is 0 Å². The Bertz CT molecular complexity index is 428. The molecule has 0 amide bonds. The first-order chi connectivity index (χ1) is 5.86. The first kappa shape index (κ1) is 6.84. The van der Waals surface area contributed by atoms with Crippen molar-refractivity contribution < 1.29 is 0 Å². The third-order valence-electron chi connectivity index (χ3n) is 1.49. The van der Waals surface area contributed by atoms with E-state index < -0.39 is 0 Å². The van der Waals surface area contributed by atoms with Gasteiger partial charge in [-0.05, 0) is 24.3 Å². The molecule has 0 aliphatic heterocycles. The Morgan fingerprint density at radius 3 is 2.58 bits per heavy atom. The maximum Gasteiger partial charge on any atom is 0.178 e. The molecule has 0 bridgehead atoms. The number of nitrogens with zero attached hydrogens (tertiary/aromatic N) is 3. The van der Waals surface area contributed by atoms with E-state index in [0.29, 0.717) is 11.0 Å². The molecule has 1 aromatic heterocycles. The molecule has 0 aliphatic carbocycles. The molecule has 0 aliphatic rings. The van der Waals surface area contributed by atoms with Crippen LogP contribution in [-0.2, 0) is 0 Å². The largest absolute Gasteiger partial charge is 0.290 e. The van der Waals surface area contributed by atoms with E-state index >= 15 is 0 Å². The van der Waals surface area contributed by atoms with Crippen molar-refractivity contribution in [2.45, 2.75) is 0 Å². The summed E-state index contributed by atoms with van der Waals surface area (Å²) in [5, 5.41) is 7.42. The topological polar surface area (TPSA) is 55.7 Å². The minimum absolute atomic E-state index is 0.0604. The van der Waals surface area contributed by atoms with E-state index in [-0.39, 0.29) is 5.43 Å². The van der Waals surface area contributed by atoms with Crippen LogP contribution < -0.4 is 5.43 Å². The highest BCUT2D eigenvalue weighted by Crippen LogP contribution is 2.00. The second-order valence-corrected chi connectivity index (χ2v) is 2.30. The summed E-state index contributed by atoms with van der Waals surface area (Å²) >= 11 is 0. The monoisotopic (exact) mass is 159 g/mol. The van der Waals surface area contributed by atoms with Crippen molar-refractivity contribution in [1.82, 2.24) is 15.2 Å². The van der Waals surface area contributed by atoms with Gasteiger partial charge in [0, 0.05) is 0 Å². The Hall–Kier alpha value is -1.84. The minimum Gasteiger partial charge on any atom is -0.290 e. The molecule has 0 saturated heterocycles. The zero-order chi connectivity index (χ0) is 8.39. The van der Waals surface area contributed by atoms with Crippen molar-refractivity contribution in [3.63, 3.8) is 0 Å². The standard InChI is InChI=1S/C8H5N3O/c12-6-1-3-7-8(4-2-6)11-10-5-9-7/h1-5H. The van der Waals surface area contributed by atoms with Crippen LogP contribution in [0.25, 0.3) is 11.0 Å². The van der Waals surface area contributed by atoms with Crippen molar-refractivity contribution in [3.8, 4) is 0 Å². The predicted molar refractivity (Wildman–Crippen MR) is 43.6 cm³/mol. The molecule has 0 radical (unpaired) electrons. The summed E-state index contributed by atoms with van der Waals surface area (Å²) < 4.78 is 0. The summed E-state index contributed by atoms with van der Waals surface area (Å²) in [6.45, 7) is 0. The molecule has 2 aromatic rings. The zero-order valence-electron chi connectivity index (χ0n) is 6.14. The van der Waals surface area contributed by atoms with E-state index in [1.54, 1.807) is 12.1 Å². The van der Waals surface area contributed by atoms with E-state index in [4.69, 9.17) is 0 Å². The van der Waals surface area contributed by atoms with Crippen LogP contribution in [0.4, 0.5) is 0 Å². The predicted octanol–water partition coefficient (Wildman–Crippen LogP) is 0.385. The van der Waals surface area contributed by atoms with Crippen molar-refractivity contribution in [1.29, 1.82) is 0 Å². The summed E-state index contributed by atoms with van der Waals surface area (Å²) in [6, 6.07) is 6.14. The molecule has 12 heavy (non-hydrogen) atoms. The van der Waals surface area contributed by atoms with E-state index in [9.17, 15) is 4.79 Å². The normalized spacial score (nSPS) is 10.0. The molecule has 1 aromatic carbocycles. The summed E-state index contributed by atoms with van der Waals surface area (Å²) in [5.41, 5.74) is 1.24. The van der Waals surface area contributed by atoms with Crippen LogP contribution in [0.2, 0.25) is 0 Å². The molecule has 0 fully saturated rings. The Kier molecular flexibility index (Phi) is 1.51. The second kappa shape index (κ2) is 2.65. The maximum absolute atomic E-state index is 10.9. The molecule has 0 N–H and O–H groups in total. The fraction of sp³-hybridized carbons (Fsp3) is 0. The SMILES string of the molecule is O=c1ccc2ncnnc2cc1. The van der Waals surface area contributed by atoms with Gasteiger partial charge in [0.25, 0.3) is 0 Å². The molecular formula is C8H5N3O. The molecule has 58 valence electrons. The van der Waals surface area contributed by atoms with Gasteiger partial charge in [0.15, 0.2) is 5.43 Å². The molecular weight excluding hydrogens is 154 g/mol. The number of aromatic nitrogens is 3. The second-order valence-electron chi connectivity index (χ2n) is 2.30. The van der Waals surface area contributed by atoms with Gasteiger partial charge in [0.1, 0.15) is 11.8 Å². The smallest absolute Gasteiger partial charge is 0.178 e. The highest BCUT2D eigenvalue weighted by atomic mass is 16.1. The average molecular weight is 159 g/mol. The molecule has 0 unspecified atom stereocenters. The molecule has 1 heterocycles. The molecule has 2 rings (SSSR count). The van der Waals surface area contributed by atoms with Crippen molar-refractivity contribution in [2.24, 2.45) is 0 Å².